The quantitative estimate of drug-likeness (QED) is 0.829. The average Bonchev–Trinajstić information content (AvgIpc) is 2.28. The van der Waals surface area contributed by atoms with E-state index in [0.29, 0.717) is 0 Å². The van der Waals surface area contributed by atoms with Gasteiger partial charge in [-0.3, -0.25) is 4.79 Å². The van der Waals surface area contributed by atoms with Crippen LogP contribution < -0.4 is 11.1 Å². The number of rotatable bonds is 2. The number of hydrogen-bond donors (Lipinski definition) is 2. The highest BCUT2D eigenvalue weighted by Gasteiger charge is 2.22. The van der Waals surface area contributed by atoms with Gasteiger partial charge in [0.2, 0.25) is 5.91 Å². The summed E-state index contributed by atoms with van der Waals surface area (Å²) in [4.78, 5) is 11.8. The van der Waals surface area contributed by atoms with Crippen LogP contribution in [0.1, 0.15) is 13.8 Å². The third-order valence-electron chi connectivity index (χ3n) is 2.62. The number of anilines is 1. The Morgan fingerprint density at radius 2 is 1.76 bits per heavy atom. The number of carbonyl (C=O) groups is 1. The normalized spacial score (nSPS) is 11.5. The highest BCUT2D eigenvalue weighted by Crippen LogP contribution is 2.23. The summed E-state index contributed by atoms with van der Waals surface area (Å²) >= 11 is 0. The number of benzene rings is 2. The lowest BCUT2D eigenvalue weighted by Crippen LogP contribution is -2.45. The number of hydrogen-bond acceptors (Lipinski definition) is 2. The Balaban J connectivity index is 2.40. The van der Waals surface area contributed by atoms with E-state index < -0.39 is 5.54 Å². The van der Waals surface area contributed by atoms with Crippen LogP contribution in [-0.2, 0) is 4.79 Å². The molecule has 2 aromatic carbocycles. The fourth-order valence-electron chi connectivity index (χ4n) is 1.62. The zero-order valence-corrected chi connectivity index (χ0v) is 10.0. The van der Waals surface area contributed by atoms with Crippen LogP contribution in [0.15, 0.2) is 42.5 Å². The zero-order chi connectivity index (χ0) is 12.5. The predicted molar refractivity (Wildman–Crippen MR) is 70.8 cm³/mol. The molecule has 0 aliphatic carbocycles. The van der Waals surface area contributed by atoms with Gasteiger partial charge in [-0.1, -0.05) is 36.4 Å². The summed E-state index contributed by atoms with van der Waals surface area (Å²) in [6.07, 6.45) is 0. The van der Waals surface area contributed by atoms with Crippen molar-refractivity contribution in [1.29, 1.82) is 0 Å². The van der Waals surface area contributed by atoms with Gasteiger partial charge in [0.15, 0.2) is 0 Å². The summed E-state index contributed by atoms with van der Waals surface area (Å²) < 4.78 is 0. The molecule has 0 atom stereocenters. The molecule has 1 amide bonds. The third kappa shape index (κ3) is 2.45. The van der Waals surface area contributed by atoms with Gasteiger partial charge in [0.1, 0.15) is 0 Å². The Labute approximate surface area is 101 Å². The van der Waals surface area contributed by atoms with Gasteiger partial charge in [-0.15, -0.1) is 0 Å². The molecule has 0 saturated heterocycles. The van der Waals surface area contributed by atoms with Crippen LogP contribution in [0.4, 0.5) is 5.69 Å². The molecule has 0 aliphatic heterocycles. The standard InChI is InChI=1S/C14H16N2O/c1-14(2,15)13(17)16-12-9-5-7-10-6-3-4-8-11(10)12/h3-9H,15H2,1-2H3,(H,16,17). The van der Waals surface area contributed by atoms with Crippen LogP contribution in [0, 0.1) is 0 Å². The fraction of sp³-hybridized carbons (Fsp3) is 0.214. The molecule has 2 rings (SSSR count). The molecule has 0 saturated carbocycles. The van der Waals surface area contributed by atoms with Crippen molar-refractivity contribution in [1.82, 2.24) is 0 Å². The molecule has 0 heterocycles. The molecule has 0 spiro atoms. The van der Waals surface area contributed by atoms with Crippen molar-refractivity contribution in [3.8, 4) is 0 Å². The van der Waals surface area contributed by atoms with Gasteiger partial charge in [-0.05, 0) is 25.3 Å². The van der Waals surface area contributed by atoms with Crippen LogP contribution in [0.25, 0.3) is 10.8 Å². The maximum atomic E-state index is 11.8. The van der Waals surface area contributed by atoms with E-state index in [0.717, 1.165) is 16.5 Å². The molecule has 3 nitrogen and oxygen atoms in total. The highest BCUT2D eigenvalue weighted by atomic mass is 16.2. The first-order valence-corrected chi connectivity index (χ1v) is 5.56. The van der Waals surface area contributed by atoms with Gasteiger partial charge in [-0.2, -0.15) is 0 Å². The SMILES string of the molecule is CC(C)(N)C(=O)Nc1cccc2ccccc12. The molecule has 3 heteroatoms. The van der Waals surface area contributed by atoms with E-state index in [2.05, 4.69) is 5.32 Å². The van der Waals surface area contributed by atoms with Gasteiger partial charge in [0, 0.05) is 11.1 Å². The third-order valence-corrected chi connectivity index (χ3v) is 2.62. The average molecular weight is 228 g/mol. The second-order valence-electron chi connectivity index (χ2n) is 4.70. The van der Waals surface area contributed by atoms with E-state index in [1.54, 1.807) is 13.8 Å². The fourth-order valence-corrected chi connectivity index (χ4v) is 1.62. The lowest BCUT2D eigenvalue weighted by Gasteiger charge is -2.18. The van der Waals surface area contributed by atoms with Crippen LogP contribution in [-0.4, -0.2) is 11.4 Å². The van der Waals surface area contributed by atoms with E-state index in [4.69, 9.17) is 5.73 Å². The Kier molecular flexibility index (Phi) is 2.86. The van der Waals surface area contributed by atoms with Crippen molar-refractivity contribution >= 4 is 22.4 Å². The molecule has 88 valence electrons. The predicted octanol–water partition coefficient (Wildman–Crippen LogP) is 2.52. The Morgan fingerprint density at radius 1 is 1.12 bits per heavy atom. The molecule has 17 heavy (non-hydrogen) atoms. The van der Waals surface area contributed by atoms with Crippen LogP contribution >= 0.6 is 0 Å². The Bertz CT molecular complexity index is 550. The molecule has 3 N–H and O–H groups in total. The van der Waals surface area contributed by atoms with Crippen molar-refractivity contribution in [3.05, 3.63) is 42.5 Å². The molecule has 0 bridgehead atoms. The van der Waals surface area contributed by atoms with Gasteiger partial charge in [0.25, 0.3) is 0 Å². The summed E-state index contributed by atoms with van der Waals surface area (Å²) in [5.41, 5.74) is 5.68. The monoisotopic (exact) mass is 228 g/mol. The molecular formula is C14H16N2O. The van der Waals surface area contributed by atoms with Gasteiger partial charge >= 0.3 is 0 Å². The lowest BCUT2D eigenvalue weighted by molar-refractivity contribution is -0.120. The first-order chi connectivity index (χ1) is 7.98. The first-order valence-electron chi connectivity index (χ1n) is 5.56. The molecule has 0 unspecified atom stereocenters. The topological polar surface area (TPSA) is 55.1 Å². The van der Waals surface area contributed by atoms with Crippen molar-refractivity contribution in [2.75, 3.05) is 5.32 Å². The minimum absolute atomic E-state index is 0.186. The second kappa shape index (κ2) is 4.18. The summed E-state index contributed by atoms with van der Waals surface area (Å²) in [7, 11) is 0. The van der Waals surface area contributed by atoms with Gasteiger partial charge < -0.3 is 11.1 Å². The maximum absolute atomic E-state index is 11.8. The van der Waals surface area contributed by atoms with Crippen molar-refractivity contribution in [3.63, 3.8) is 0 Å². The van der Waals surface area contributed by atoms with E-state index in [1.165, 1.54) is 0 Å². The first kappa shape index (κ1) is 11.6. The van der Waals surface area contributed by atoms with Crippen LogP contribution in [0.5, 0.6) is 0 Å². The Hall–Kier alpha value is -1.87. The van der Waals surface area contributed by atoms with E-state index in [9.17, 15) is 4.79 Å². The summed E-state index contributed by atoms with van der Waals surface area (Å²) in [5.74, 6) is -0.186. The van der Waals surface area contributed by atoms with Crippen LogP contribution in [0.3, 0.4) is 0 Å². The molecule has 0 fully saturated rings. The van der Waals surface area contributed by atoms with Gasteiger partial charge in [-0.25, -0.2) is 0 Å². The lowest BCUT2D eigenvalue weighted by atomic mass is 10.0. The van der Waals surface area contributed by atoms with E-state index in [1.807, 2.05) is 42.5 Å². The van der Waals surface area contributed by atoms with Crippen molar-refractivity contribution in [2.24, 2.45) is 5.73 Å². The number of amides is 1. The smallest absolute Gasteiger partial charge is 0.243 e. The molecule has 2 aromatic rings. The second-order valence-corrected chi connectivity index (χ2v) is 4.70. The van der Waals surface area contributed by atoms with Crippen molar-refractivity contribution in [2.45, 2.75) is 19.4 Å². The number of nitrogens with two attached hydrogens (primary N) is 1. The molecule has 0 aromatic heterocycles. The molecule has 0 aliphatic rings. The number of carbonyl (C=O) groups excluding carboxylic acids is 1. The maximum Gasteiger partial charge on any atom is 0.243 e. The minimum Gasteiger partial charge on any atom is -0.324 e. The van der Waals surface area contributed by atoms with Crippen molar-refractivity contribution < 1.29 is 4.79 Å². The summed E-state index contributed by atoms with van der Waals surface area (Å²) in [6.45, 7) is 3.38. The zero-order valence-electron chi connectivity index (χ0n) is 10.0. The number of fused-ring (bicyclic) bond motifs is 1. The van der Waals surface area contributed by atoms with E-state index in [-0.39, 0.29) is 5.91 Å². The largest absolute Gasteiger partial charge is 0.324 e. The van der Waals surface area contributed by atoms with E-state index >= 15 is 0 Å². The molecule has 0 radical (unpaired) electrons. The van der Waals surface area contributed by atoms with Gasteiger partial charge in [0.05, 0.1) is 5.54 Å². The highest BCUT2D eigenvalue weighted by molar-refractivity contribution is 6.04. The van der Waals surface area contributed by atoms with Crippen LogP contribution in [0.2, 0.25) is 0 Å². The minimum atomic E-state index is -0.878. The number of nitrogens with one attached hydrogen (secondary N) is 1. The summed E-state index contributed by atoms with van der Waals surface area (Å²) in [6, 6.07) is 13.7. The Morgan fingerprint density at radius 3 is 2.47 bits per heavy atom. The molecular weight excluding hydrogens is 212 g/mol. The summed E-state index contributed by atoms with van der Waals surface area (Å²) in [5, 5.41) is 4.98.